The molecule has 0 atom stereocenters. The molecule has 1 aliphatic heterocycles. The van der Waals surface area contributed by atoms with Gasteiger partial charge in [0.1, 0.15) is 0 Å². The van der Waals surface area contributed by atoms with Gasteiger partial charge in [0.05, 0.1) is 28.7 Å². The summed E-state index contributed by atoms with van der Waals surface area (Å²) in [6.45, 7) is 1.62. The number of nitro groups is 1. The van der Waals surface area contributed by atoms with Crippen LogP contribution in [-0.2, 0) is 14.3 Å². The topological polar surface area (TPSA) is 89.8 Å². The number of nitrogens with zero attached hydrogens (tertiary/aromatic N) is 2. The zero-order valence-electron chi connectivity index (χ0n) is 12.3. The number of benzene rings is 1. The number of allylic oxidation sites excluding steroid dienone is 1. The van der Waals surface area contributed by atoms with Crippen molar-refractivity contribution < 1.29 is 19.2 Å². The molecule has 114 valence electrons. The van der Waals surface area contributed by atoms with Gasteiger partial charge in [-0.1, -0.05) is 12.1 Å². The fourth-order valence-corrected chi connectivity index (χ4v) is 2.23. The number of rotatable bonds is 3. The Morgan fingerprint density at radius 2 is 2.00 bits per heavy atom. The summed E-state index contributed by atoms with van der Waals surface area (Å²) >= 11 is 0. The molecule has 0 N–H and O–H groups in total. The molecule has 0 saturated carbocycles. The summed E-state index contributed by atoms with van der Waals surface area (Å²) < 4.78 is 4.70. The number of carbonyl (C=O) groups excluding carboxylic acids is 2. The van der Waals surface area contributed by atoms with Crippen molar-refractivity contribution >= 4 is 23.6 Å². The Bertz CT molecular complexity index is 733. The van der Waals surface area contributed by atoms with Gasteiger partial charge in [-0.05, 0) is 19.1 Å². The van der Waals surface area contributed by atoms with Gasteiger partial charge in [0.15, 0.2) is 0 Å². The fourth-order valence-electron chi connectivity index (χ4n) is 2.23. The predicted molar refractivity (Wildman–Crippen MR) is 78.6 cm³/mol. The summed E-state index contributed by atoms with van der Waals surface area (Å²) in [5.41, 5.74) is 0.760. The van der Waals surface area contributed by atoms with Crippen LogP contribution in [0.2, 0.25) is 0 Å². The minimum Gasteiger partial charge on any atom is -0.465 e. The highest BCUT2D eigenvalue weighted by Crippen LogP contribution is 2.32. The Hall–Kier alpha value is -2.96. The van der Waals surface area contributed by atoms with E-state index < -0.39 is 16.8 Å². The molecule has 7 heteroatoms. The maximum absolute atomic E-state index is 12.3. The first-order valence-corrected chi connectivity index (χ1v) is 6.41. The lowest BCUT2D eigenvalue weighted by atomic mass is 10.0. The summed E-state index contributed by atoms with van der Waals surface area (Å²) in [5, 5.41) is 11.1. The first-order valence-electron chi connectivity index (χ1n) is 6.41. The number of likely N-dealkylation sites (N-methyl/N-ethyl adjacent to an activating group) is 1. The van der Waals surface area contributed by atoms with E-state index in [1.165, 1.54) is 43.3 Å². The molecule has 1 aromatic rings. The van der Waals surface area contributed by atoms with Crippen molar-refractivity contribution in [3.8, 4) is 0 Å². The van der Waals surface area contributed by atoms with E-state index in [9.17, 15) is 19.7 Å². The summed E-state index contributed by atoms with van der Waals surface area (Å²) in [6.07, 6.45) is 1.35. The lowest BCUT2D eigenvalue weighted by Crippen LogP contribution is -2.19. The molecule has 1 amide bonds. The summed E-state index contributed by atoms with van der Waals surface area (Å²) in [7, 11) is 2.74. The number of hydrogen-bond acceptors (Lipinski definition) is 5. The second kappa shape index (κ2) is 5.80. The molecule has 7 nitrogen and oxygen atoms in total. The van der Waals surface area contributed by atoms with Gasteiger partial charge in [0.25, 0.3) is 11.6 Å². The van der Waals surface area contributed by atoms with E-state index in [4.69, 9.17) is 4.74 Å². The highest BCUT2D eigenvalue weighted by Gasteiger charge is 2.35. The van der Waals surface area contributed by atoms with Gasteiger partial charge in [-0.3, -0.25) is 14.9 Å². The number of hydrogen-bond donors (Lipinski definition) is 0. The first-order chi connectivity index (χ1) is 10.4. The van der Waals surface area contributed by atoms with E-state index in [2.05, 4.69) is 0 Å². The smallest absolute Gasteiger partial charge is 0.340 e. The minimum atomic E-state index is -0.653. The van der Waals surface area contributed by atoms with E-state index in [1.54, 1.807) is 13.0 Å². The zero-order chi connectivity index (χ0) is 16.4. The average Bonchev–Trinajstić information content (AvgIpc) is 2.71. The average molecular weight is 302 g/mol. The van der Waals surface area contributed by atoms with E-state index in [1.807, 2.05) is 0 Å². The number of methoxy groups -OCH3 is 1. The molecule has 0 radical (unpaired) electrons. The van der Waals surface area contributed by atoms with Gasteiger partial charge in [0, 0.05) is 18.8 Å². The Morgan fingerprint density at radius 1 is 1.36 bits per heavy atom. The van der Waals surface area contributed by atoms with Crippen LogP contribution in [0.15, 0.2) is 41.1 Å². The van der Waals surface area contributed by atoms with Crippen molar-refractivity contribution in [1.82, 2.24) is 4.90 Å². The normalized spacial score (nSPS) is 16.4. The van der Waals surface area contributed by atoms with E-state index in [0.717, 1.165) is 0 Å². The van der Waals surface area contributed by atoms with Gasteiger partial charge < -0.3 is 9.64 Å². The lowest BCUT2D eigenvalue weighted by molar-refractivity contribution is -0.385. The van der Waals surface area contributed by atoms with Gasteiger partial charge in [-0.25, -0.2) is 4.79 Å². The number of amides is 1. The minimum absolute atomic E-state index is 0.0844. The van der Waals surface area contributed by atoms with Crippen LogP contribution < -0.4 is 0 Å². The zero-order valence-corrected chi connectivity index (χ0v) is 12.3. The lowest BCUT2D eigenvalue weighted by Gasteiger charge is -2.08. The largest absolute Gasteiger partial charge is 0.465 e. The van der Waals surface area contributed by atoms with Crippen molar-refractivity contribution in [2.24, 2.45) is 0 Å². The molecule has 0 bridgehead atoms. The van der Waals surface area contributed by atoms with Gasteiger partial charge in [0.2, 0.25) is 0 Å². The van der Waals surface area contributed by atoms with E-state index in [0.29, 0.717) is 5.70 Å². The second-order valence-electron chi connectivity index (χ2n) is 4.69. The van der Waals surface area contributed by atoms with Crippen LogP contribution in [0.3, 0.4) is 0 Å². The molecule has 1 aliphatic rings. The van der Waals surface area contributed by atoms with Crippen LogP contribution in [0, 0.1) is 10.1 Å². The maximum atomic E-state index is 12.3. The van der Waals surface area contributed by atoms with Crippen LogP contribution in [-0.4, -0.2) is 35.9 Å². The standard InChI is InChI=1S/C15H14N2O5/c1-9-13(15(19)22-3)11(14(18)16(9)2)8-10-6-4-5-7-12(10)17(20)21/h4-8H,1-3H3/b11-8-. The summed E-state index contributed by atoms with van der Waals surface area (Å²) in [6, 6.07) is 6.01. The molecule has 0 spiro atoms. The molecular formula is C15H14N2O5. The number of ether oxygens (including phenoxy) is 1. The van der Waals surface area contributed by atoms with Gasteiger partial charge in [-0.15, -0.1) is 0 Å². The van der Waals surface area contributed by atoms with Crippen molar-refractivity contribution in [2.75, 3.05) is 14.2 Å². The SMILES string of the molecule is COC(=O)C1=C(C)N(C)C(=O)/C1=C\c1ccccc1[N+](=O)[O-]. The summed E-state index contributed by atoms with van der Waals surface area (Å²) in [4.78, 5) is 36.0. The third-order valence-corrected chi connectivity index (χ3v) is 3.49. The van der Waals surface area contributed by atoms with Crippen LogP contribution in [0.25, 0.3) is 6.08 Å². The molecule has 1 heterocycles. The molecule has 0 saturated heterocycles. The molecule has 0 unspecified atom stereocenters. The highest BCUT2D eigenvalue weighted by molar-refractivity contribution is 6.16. The highest BCUT2D eigenvalue weighted by atomic mass is 16.6. The molecule has 0 fully saturated rings. The van der Waals surface area contributed by atoms with Crippen molar-refractivity contribution in [2.45, 2.75) is 6.92 Å². The van der Waals surface area contributed by atoms with Crippen LogP contribution in [0.5, 0.6) is 0 Å². The monoisotopic (exact) mass is 302 g/mol. The van der Waals surface area contributed by atoms with Crippen LogP contribution in [0.1, 0.15) is 12.5 Å². The van der Waals surface area contributed by atoms with Crippen molar-refractivity contribution in [3.05, 3.63) is 56.8 Å². The quantitative estimate of drug-likeness (QED) is 0.368. The third kappa shape index (κ3) is 2.48. The maximum Gasteiger partial charge on any atom is 0.340 e. The van der Waals surface area contributed by atoms with Crippen LogP contribution >= 0.6 is 0 Å². The van der Waals surface area contributed by atoms with Gasteiger partial charge in [-0.2, -0.15) is 0 Å². The Kier molecular flexibility index (Phi) is 4.07. The number of nitro benzene ring substituents is 1. The van der Waals surface area contributed by atoms with Crippen LogP contribution in [0.4, 0.5) is 5.69 Å². The number of carbonyl (C=O) groups is 2. The second-order valence-corrected chi connectivity index (χ2v) is 4.69. The van der Waals surface area contributed by atoms with E-state index >= 15 is 0 Å². The van der Waals surface area contributed by atoms with Gasteiger partial charge >= 0.3 is 5.97 Å². The fraction of sp³-hybridized carbons (Fsp3) is 0.200. The third-order valence-electron chi connectivity index (χ3n) is 3.49. The number of para-hydroxylation sites is 1. The van der Waals surface area contributed by atoms with E-state index in [-0.39, 0.29) is 22.4 Å². The Morgan fingerprint density at radius 3 is 2.59 bits per heavy atom. The Balaban J connectivity index is 2.62. The molecular weight excluding hydrogens is 288 g/mol. The molecule has 0 aromatic heterocycles. The summed E-state index contributed by atoms with van der Waals surface area (Å²) in [5.74, 6) is -1.06. The van der Waals surface area contributed by atoms with Crippen molar-refractivity contribution in [1.29, 1.82) is 0 Å². The molecule has 0 aliphatic carbocycles. The predicted octanol–water partition coefficient (Wildman–Crippen LogP) is 1.90. The molecule has 22 heavy (non-hydrogen) atoms. The van der Waals surface area contributed by atoms with Crippen molar-refractivity contribution in [3.63, 3.8) is 0 Å². The number of esters is 1. The molecule has 1 aromatic carbocycles. The Labute approximate surface area is 126 Å². The molecule has 2 rings (SSSR count). The first kappa shape index (κ1) is 15.4.